The topological polar surface area (TPSA) is 255 Å². The lowest BCUT2D eigenvalue weighted by Gasteiger charge is -2.36. The van der Waals surface area contributed by atoms with E-state index >= 15 is 0 Å². The quantitative estimate of drug-likeness (QED) is 0.120. The molecule has 0 aliphatic heterocycles. The van der Waals surface area contributed by atoms with Gasteiger partial charge >= 0.3 is 24.4 Å². The number of primary amides is 1. The maximum Gasteiger partial charge on any atom is 0.407 e. The van der Waals surface area contributed by atoms with Gasteiger partial charge in [-0.25, -0.2) is 19.2 Å². The molecule has 7 amide bonds. The summed E-state index contributed by atoms with van der Waals surface area (Å²) in [6.07, 6.45) is -3.55. The van der Waals surface area contributed by atoms with Crippen LogP contribution in [0.15, 0.2) is 0 Å². The largest absolute Gasteiger partial charge is 0.444 e. The van der Waals surface area contributed by atoms with Gasteiger partial charge in [-0.1, -0.05) is 6.92 Å². The molecule has 0 spiro atoms. The van der Waals surface area contributed by atoms with Crippen LogP contribution in [0, 0.1) is 10.8 Å². The summed E-state index contributed by atoms with van der Waals surface area (Å²) in [7, 11) is 0. The third-order valence-corrected chi connectivity index (χ3v) is 6.42. The summed E-state index contributed by atoms with van der Waals surface area (Å²) in [5.74, 6) is -2.35. The van der Waals surface area contributed by atoms with Crippen LogP contribution in [0.4, 0.5) is 19.2 Å². The highest BCUT2D eigenvalue weighted by Crippen LogP contribution is 2.21. The van der Waals surface area contributed by atoms with Crippen molar-refractivity contribution < 1.29 is 52.5 Å². The summed E-state index contributed by atoms with van der Waals surface area (Å²) in [5.41, 5.74) is -1.44. The highest BCUT2D eigenvalue weighted by molar-refractivity contribution is 5.88. The van der Waals surface area contributed by atoms with Crippen molar-refractivity contribution >= 4 is 42.1 Å². The van der Waals surface area contributed by atoms with Crippen LogP contribution in [0.3, 0.4) is 0 Å². The highest BCUT2D eigenvalue weighted by atomic mass is 16.6. The van der Waals surface area contributed by atoms with Crippen LogP contribution in [0.5, 0.6) is 0 Å². The van der Waals surface area contributed by atoms with Crippen molar-refractivity contribution in [3.63, 3.8) is 0 Å². The van der Waals surface area contributed by atoms with Crippen LogP contribution in [0.2, 0.25) is 0 Å². The molecule has 51 heavy (non-hydrogen) atoms. The average molecular weight is 732 g/mol. The molecule has 0 heterocycles. The first kappa shape index (κ1) is 46.5. The second-order valence-corrected chi connectivity index (χ2v) is 16.2. The summed E-state index contributed by atoms with van der Waals surface area (Å²) in [6, 6.07) is 0. The zero-order chi connectivity index (χ0) is 40.1. The monoisotopic (exact) mass is 731 g/mol. The molecule has 18 heteroatoms. The first-order valence-corrected chi connectivity index (χ1v) is 16.7. The van der Waals surface area contributed by atoms with Crippen molar-refractivity contribution in [3.05, 3.63) is 0 Å². The summed E-state index contributed by atoms with van der Waals surface area (Å²) < 4.78 is 21.2. The summed E-state index contributed by atoms with van der Waals surface area (Å²) in [6.45, 7) is 18.2. The van der Waals surface area contributed by atoms with Gasteiger partial charge in [0.25, 0.3) is 0 Å². The van der Waals surface area contributed by atoms with Gasteiger partial charge in [0, 0.05) is 45.7 Å². The number of carbonyl (C=O) groups is 7. The van der Waals surface area contributed by atoms with Crippen molar-refractivity contribution in [2.45, 2.75) is 119 Å². The Morgan fingerprint density at radius 3 is 0.941 bits per heavy atom. The van der Waals surface area contributed by atoms with Crippen LogP contribution in [-0.4, -0.2) is 104 Å². The SMILES string of the molecule is CCC(=O)NCC(CNC(=O)OC(C)(C)C)(CNC(=O)OC(C)(C)C)C(=O)NCC(CNC(=O)OC(C)(C)C)(CNC(=O)OC(C)(C)C)C(N)=O. The third kappa shape index (κ3) is 20.1. The molecule has 18 nitrogen and oxygen atoms in total. The second kappa shape index (κ2) is 18.6. The molecule has 8 N–H and O–H groups in total. The number of nitrogens with two attached hydrogens (primary N) is 1. The van der Waals surface area contributed by atoms with E-state index in [1.54, 1.807) is 90.0 Å². The molecule has 0 aromatic rings. The van der Waals surface area contributed by atoms with E-state index in [9.17, 15) is 33.6 Å². The minimum absolute atomic E-state index is 0.0497. The van der Waals surface area contributed by atoms with E-state index in [4.69, 9.17) is 24.7 Å². The van der Waals surface area contributed by atoms with Gasteiger partial charge in [0.2, 0.25) is 17.7 Å². The summed E-state index contributed by atoms with van der Waals surface area (Å²) in [4.78, 5) is 90.4. The predicted molar refractivity (Wildman–Crippen MR) is 187 cm³/mol. The molecule has 0 aliphatic carbocycles. The first-order valence-electron chi connectivity index (χ1n) is 16.7. The maximum absolute atomic E-state index is 14.3. The minimum Gasteiger partial charge on any atom is -0.444 e. The van der Waals surface area contributed by atoms with Gasteiger partial charge in [0.05, 0.1) is 0 Å². The number of alkyl carbamates (subject to hydrolysis) is 4. The van der Waals surface area contributed by atoms with E-state index in [0.717, 1.165) is 0 Å². The normalized spacial score (nSPS) is 12.4. The summed E-state index contributed by atoms with van der Waals surface area (Å²) >= 11 is 0. The molecular weight excluding hydrogens is 670 g/mol. The maximum atomic E-state index is 14.3. The van der Waals surface area contributed by atoms with Gasteiger partial charge < -0.3 is 56.6 Å². The smallest absolute Gasteiger partial charge is 0.407 e. The fraction of sp³-hybridized carbons (Fsp3) is 0.788. The number of hydrogen-bond donors (Lipinski definition) is 7. The minimum atomic E-state index is -1.88. The molecule has 0 aliphatic rings. The standard InChI is InChI=1S/C33H61N7O11/c1-14-21(41)35-18-33(19-39-26(46)50-30(8,9)10,20-40-27(47)51-31(11,12)13)23(43)36-15-32(22(34)42,16-37-24(44)48-28(2,3)4)17-38-25(45)49-29(5,6)7/h14-20H2,1-13H3,(H2,34,42)(H,35,41)(H,36,43)(H,37,44)(H,38,45)(H,39,46)(H,40,47). The van der Waals surface area contributed by atoms with E-state index in [1.165, 1.54) is 0 Å². The van der Waals surface area contributed by atoms with Crippen LogP contribution < -0.4 is 37.6 Å². The first-order chi connectivity index (χ1) is 22.9. The Balaban J connectivity index is 6.80. The Hall–Kier alpha value is -4.51. The molecular formula is C33H61N7O11. The van der Waals surface area contributed by atoms with Crippen LogP contribution >= 0.6 is 0 Å². The van der Waals surface area contributed by atoms with E-state index < -0.39 is 115 Å². The Morgan fingerprint density at radius 2 is 0.686 bits per heavy atom. The van der Waals surface area contributed by atoms with E-state index in [-0.39, 0.29) is 6.42 Å². The number of rotatable bonds is 15. The number of nitrogens with one attached hydrogen (secondary N) is 6. The van der Waals surface area contributed by atoms with Gasteiger partial charge in [-0.3, -0.25) is 14.4 Å². The van der Waals surface area contributed by atoms with Crippen molar-refractivity contribution in [1.82, 2.24) is 31.9 Å². The van der Waals surface area contributed by atoms with Crippen molar-refractivity contribution in [2.24, 2.45) is 16.6 Å². The molecule has 0 saturated carbocycles. The highest BCUT2D eigenvalue weighted by Gasteiger charge is 2.44. The number of carbonyl (C=O) groups excluding carboxylic acids is 7. The fourth-order valence-corrected chi connectivity index (χ4v) is 3.93. The van der Waals surface area contributed by atoms with Gasteiger partial charge in [-0.05, 0) is 83.1 Å². The Morgan fingerprint density at radius 1 is 0.431 bits per heavy atom. The predicted octanol–water partition coefficient (Wildman–Crippen LogP) is 2.19. The van der Waals surface area contributed by atoms with Crippen molar-refractivity contribution in [2.75, 3.05) is 39.3 Å². The molecule has 0 rings (SSSR count). The van der Waals surface area contributed by atoms with E-state index in [0.29, 0.717) is 0 Å². The number of amides is 7. The lowest BCUT2D eigenvalue weighted by Crippen LogP contribution is -2.63. The van der Waals surface area contributed by atoms with Crippen LogP contribution in [0.25, 0.3) is 0 Å². The zero-order valence-electron chi connectivity index (χ0n) is 32.5. The number of hydrogen-bond acceptors (Lipinski definition) is 11. The second-order valence-electron chi connectivity index (χ2n) is 16.2. The Bertz CT molecular complexity index is 1180. The Labute approximate surface area is 301 Å². The molecule has 0 bridgehead atoms. The van der Waals surface area contributed by atoms with Gasteiger partial charge in [0.1, 0.15) is 33.2 Å². The molecule has 0 aromatic heterocycles. The number of ether oxygens (including phenoxy) is 4. The van der Waals surface area contributed by atoms with Gasteiger partial charge in [-0.2, -0.15) is 0 Å². The zero-order valence-corrected chi connectivity index (χ0v) is 32.5. The van der Waals surface area contributed by atoms with Gasteiger partial charge in [-0.15, -0.1) is 0 Å². The fourth-order valence-electron chi connectivity index (χ4n) is 3.93. The van der Waals surface area contributed by atoms with Crippen LogP contribution in [0.1, 0.15) is 96.4 Å². The average Bonchev–Trinajstić information content (AvgIpc) is 2.92. The lowest BCUT2D eigenvalue weighted by atomic mass is 9.83. The molecule has 0 fully saturated rings. The Kier molecular flexibility index (Phi) is 17.0. The lowest BCUT2D eigenvalue weighted by molar-refractivity contribution is -0.133. The molecule has 0 aromatic carbocycles. The van der Waals surface area contributed by atoms with Crippen molar-refractivity contribution in [1.29, 1.82) is 0 Å². The van der Waals surface area contributed by atoms with Crippen LogP contribution in [-0.2, 0) is 33.3 Å². The molecule has 0 unspecified atom stereocenters. The van der Waals surface area contributed by atoms with E-state index in [1.807, 2.05) is 0 Å². The van der Waals surface area contributed by atoms with E-state index in [2.05, 4.69) is 31.9 Å². The third-order valence-electron chi connectivity index (χ3n) is 6.42. The molecule has 294 valence electrons. The molecule has 0 atom stereocenters. The van der Waals surface area contributed by atoms with Crippen molar-refractivity contribution in [3.8, 4) is 0 Å². The molecule has 0 saturated heterocycles. The molecule has 0 radical (unpaired) electrons. The van der Waals surface area contributed by atoms with Gasteiger partial charge in [0.15, 0.2) is 0 Å². The summed E-state index contributed by atoms with van der Waals surface area (Å²) in [5, 5.41) is 15.2.